The first-order valence-electron chi connectivity index (χ1n) is 8.63. The third-order valence-corrected chi connectivity index (χ3v) is 6.75. The highest BCUT2D eigenvalue weighted by atomic mass is 32.2. The molecule has 1 heterocycles. The first kappa shape index (κ1) is 19.9. The van der Waals surface area contributed by atoms with E-state index in [0.29, 0.717) is 19.6 Å². The largest absolute Gasteiger partial charge is 0.417 e. The summed E-state index contributed by atoms with van der Waals surface area (Å²) < 4.78 is 66.3. The van der Waals surface area contributed by atoms with Crippen LogP contribution in [-0.2, 0) is 22.7 Å². The second-order valence-corrected chi connectivity index (χ2v) is 8.51. The van der Waals surface area contributed by atoms with Crippen molar-refractivity contribution in [1.29, 1.82) is 0 Å². The van der Waals surface area contributed by atoms with Gasteiger partial charge in [-0.15, -0.1) is 0 Å². The number of piperazine rings is 1. The van der Waals surface area contributed by atoms with Gasteiger partial charge in [0.1, 0.15) is 0 Å². The van der Waals surface area contributed by atoms with Gasteiger partial charge in [-0.05, 0) is 30.2 Å². The highest BCUT2D eigenvalue weighted by Crippen LogP contribution is 2.35. The van der Waals surface area contributed by atoms with Gasteiger partial charge in [0.15, 0.2) is 0 Å². The topological polar surface area (TPSA) is 40.6 Å². The summed E-state index contributed by atoms with van der Waals surface area (Å²) in [6, 6.07) is 12.3. The van der Waals surface area contributed by atoms with Gasteiger partial charge in [-0.2, -0.15) is 17.5 Å². The zero-order valence-electron chi connectivity index (χ0n) is 14.9. The summed E-state index contributed by atoms with van der Waals surface area (Å²) in [5.74, 6) is 0. The van der Waals surface area contributed by atoms with Crippen LogP contribution in [0.3, 0.4) is 0 Å². The molecule has 2 aromatic carbocycles. The normalized spacial score (nSPS) is 17.2. The van der Waals surface area contributed by atoms with Gasteiger partial charge in [-0.3, -0.25) is 4.90 Å². The van der Waals surface area contributed by atoms with Crippen LogP contribution in [0, 0.1) is 6.92 Å². The fourth-order valence-electron chi connectivity index (χ4n) is 3.22. The van der Waals surface area contributed by atoms with E-state index in [1.165, 1.54) is 12.1 Å². The quantitative estimate of drug-likeness (QED) is 0.791. The SMILES string of the molecule is Cc1ccccc1CN1CCN(S(=O)(=O)c2ccccc2C(F)(F)F)CC1. The molecule has 8 heteroatoms. The number of hydrogen-bond donors (Lipinski definition) is 0. The molecule has 0 atom stereocenters. The van der Waals surface area contributed by atoms with Crippen molar-refractivity contribution in [2.45, 2.75) is 24.5 Å². The summed E-state index contributed by atoms with van der Waals surface area (Å²) in [5.41, 5.74) is 1.20. The molecule has 0 spiro atoms. The smallest absolute Gasteiger partial charge is 0.296 e. The molecule has 27 heavy (non-hydrogen) atoms. The van der Waals surface area contributed by atoms with E-state index < -0.39 is 26.7 Å². The minimum absolute atomic E-state index is 0.167. The molecule has 0 aromatic heterocycles. The number of benzene rings is 2. The van der Waals surface area contributed by atoms with Crippen LogP contribution in [0.1, 0.15) is 16.7 Å². The molecule has 3 rings (SSSR count). The zero-order chi connectivity index (χ0) is 19.7. The highest BCUT2D eigenvalue weighted by molar-refractivity contribution is 7.89. The van der Waals surface area contributed by atoms with E-state index >= 15 is 0 Å². The van der Waals surface area contributed by atoms with Gasteiger partial charge in [0.2, 0.25) is 10.0 Å². The molecule has 0 saturated carbocycles. The van der Waals surface area contributed by atoms with Crippen molar-refractivity contribution >= 4 is 10.0 Å². The van der Waals surface area contributed by atoms with Gasteiger partial charge in [0.05, 0.1) is 10.5 Å². The van der Waals surface area contributed by atoms with Gasteiger partial charge < -0.3 is 0 Å². The Morgan fingerprint density at radius 2 is 1.52 bits per heavy atom. The molecule has 0 amide bonds. The molecule has 0 bridgehead atoms. The Balaban J connectivity index is 1.73. The predicted octanol–water partition coefficient (Wildman–Crippen LogP) is 3.52. The van der Waals surface area contributed by atoms with E-state index in [1.54, 1.807) is 0 Å². The van der Waals surface area contributed by atoms with Crippen LogP contribution in [0.5, 0.6) is 0 Å². The Bertz CT molecular complexity index is 905. The summed E-state index contributed by atoms with van der Waals surface area (Å²) in [6.07, 6.45) is -4.71. The molecule has 2 aromatic rings. The predicted molar refractivity (Wildman–Crippen MR) is 96.7 cm³/mol. The van der Waals surface area contributed by atoms with Gasteiger partial charge in [0.25, 0.3) is 0 Å². The third-order valence-electron chi connectivity index (χ3n) is 4.80. The lowest BCUT2D eigenvalue weighted by Gasteiger charge is -2.34. The molecule has 0 unspecified atom stereocenters. The maximum atomic E-state index is 13.2. The number of aryl methyl sites for hydroxylation is 1. The molecular weight excluding hydrogens is 377 g/mol. The van der Waals surface area contributed by atoms with E-state index in [2.05, 4.69) is 4.90 Å². The highest BCUT2D eigenvalue weighted by Gasteiger charge is 2.39. The Morgan fingerprint density at radius 3 is 2.15 bits per heavy atom. The summed E-state index contributed by atoms with van der Waals surface area (Å²) in [5, 5.41) is 0. The van der Waals surface area contributed by atoms with Crippen molar-refractivity contribution < 1.29 is 21.6 Å². The molecule has 1 aliphatic rings. The first-order chi connectivity index (χ1) is 12.7. The van der Waals surface area contributed by atoms with Crippen LogP contribution in [0.4, 0.5) is 13.2 Å². The van der Waals surface area contributed by atoms with Gasteiger partial charge >= 0.3 is 6.18 Å². The molecule has 0 N–H and O–H groups in total. The van der Waals surface area contributed by atoms with Crippen molar-refractivity contribution in [2.75, 3.05) is 26.2 Å². The number of rotatable bonds is 4. The molecular formula is C19H21F3N2O2S. The van der Waals surface area contributed by atoms with Crippen LogP contribution in [0.2, 0.25) is 0 Å². The lowest BCUT2D eigenvalue weighted by atomic mass is 10.1. The van der Waals surface area contributed by atoms with Gasteiger partial charge in [-0.1, -0.05) is 36.4 Å². The fraction of sp³-hybridized carbons (Fsp3) is 0.368. The Hall–Kier alpha value is -1.90. The van der Waals surface area contributed by atoms with Crippen molar-refractivity contribution in [2.24, 2.45) is 0 Å². The van der Waals surface area contributed by atoms with E-state index in [0.717, 1.165) is 27.6 Å². The van der Waals surface area contributed by atoms with Crippen LogP contribution >= 0.6 is 0 Å². The Labute approximate surface area is 157 Å². The lowest BCUT2D eigenvalue weighted by Crippen LogP contribution is -2.48. The summed E-state index contributed by atoms with van der Waals surface area (Å²) in [7, 11) is -4.19. The third kappa shape index (κ3) is 4.34. The minimum Gasteiger partial charge on any atom is -0.296 e. The molecule has 4 nitrogen and oxygen atoms in total. The van der Waals surface area contributed by atoms with Gasteiger partial charge in [-0.25, -0.2) is 8.42 Å². The van der Waals surface area contributed by atoms with E-state index in [1.807, 2.05) is 31.2 Å². The number of halogens is 3. The Kier molecular flexibility index (Phi) is 5.60. The second-order valence-electron chi connectivity index (χ2n) is 6.60. The molecule has 1 aliphatic heterocycles. The zero-order valence-corrected chi connectivity index (χ0v) is 15.7. The van der Waals surface area contributed by atoms with E-state index in [9.17, 15) is 21.6 Å². The summed E-state index contributed by atoms with van der Waals surface area (Å²) >= 11 is 0. The minimum atomic E-state index is -4.71. The Morgan fingerprint density at radius 1 is 0.926 bits per heavy atom. The molecule has 146 valence electrons. The number of alkyl halides is 3. The van der Waals surface area contributed by atoms with Crippen molar-refractivity contribution in [3.63, 3.8) is 0 Å². The molecule has 0 radical (unpaired) electrons. The lowest BCUT2D eigenvalue weighted by molar-refractivity contribution is -0.139. The van der Waals surface area contributed by atoms with E-state index in [-0.39, 0.29) is 13.1 Å². The maximum Gasteiger partial charge on any atom is 0.417 e. The number of hydrogen-bond acceptors (Lipinski definition) is 3. The molecule has 1 fully saturated rings. The van der Waals surface area contributed by atoms with Crippen molar-refractivity contribution in [3.8, 4) is 0 Å². The summed E-state index contributed by atoms with van der Waals surface area (Å²) in [6.45, 7) is 3.99. The number of nitrogens with zero attached hydrogens (tertiary/aromatic N) is 2. The van der Waals surface area contributed by atoms with Gasteiger partial charge in [0, 0.05) is 32.7 Å². The van der Waals surface area contributed by atoms with Crippen LogP contribution in [0.25, 0.3) is 0 Å². The summed E-state index contributed by atoms with van der Waals surface area (Å²) in [4.78, 5) is 1.44. The van der Waals surface area contributed by atoms with E-state index in [4.69, 9.17) is 0 Å². The van der Waals surface area contributed by atoms with Crippen LogP contribution in [0.15, 0.2) is 53.4 Å². The average molecular weight is 398 g/mol. The maximum absolute atomic E-state index is 13.2. The molecule has 1 saturated heterocycles. The van der Waals surface area contributed by atoms with Crippen molar-refractivity contribution in [1.82, 2.24) is 9.21 Å². The monoisotopic (exact) mass is 398 g/mol. The van der Waals surface area contributed by atoms with Crippen molar-refractivity contribution in [3.05, 3.63) is 65.2 Å². The molecule has 0 aliphatic carbocycles. The van der Waals surface area contributed by atoms with Crippen LogP contribution in [-0.4, -0.2) is 43.8 Å². The standard InChI is InChI=1S/C19H21F3N2O2S/c1-15-6-2-3-7-16(15)14-23-10-12-24(13-11-23)27(25,26)18-9-5-4-8-17(18)19(20,21)22/h2-9H,10-14H2,1H3. The van der Waals surface area contributed by atoms with Crippen LogP contribution < -0.4 is 0 Å². The first-order valence-corrected chi connectivity index (χ1v) is 10.1. The number of sulfonamides is 1. The average Bonchev–Trinajstić information content (AvgIpc) is 2.63. The fourth-order valence-corrected chi connectivity index (χ4v) is 4.86. The second kappa shape index (κ2) is 7.61.